The predicted octanol–water partition coefficient (Wildman–Crippen LogP) is 2.87. The third kappa shape index (κ3) is 3.33. The van der Waals surface area contributed by atoms with Gasteiger partial charge in [0.1, 0.15) is 5.76 Å². The van der Waals surface area contributed by atoms with Crippen molar-refractivity contribution in [2.75, 3.05) is 5.73 Å². The van der Waals surface area contributed by atoms with E-state index in [9.17, 15) is 14.7 Å². The topological polar surface area (TPSA) is 113 Å². The summed E-state index contributed by atoms with van der Waals surface area (Å²) in [6.45, 7) is 3.81. The van der Waals surface area contributed by atoms with E-state index in [1.807, 2.05) is 13.8 Å². The van der Waals surface area contributed by atoms with Crippen molar-refractivity contribution in [3.63, 3.8) is 0 Å². The van der Waals surface area contributed by atoms with Gasteiger partial charge in [0.05, 0.1) is 22.5 Å². The van der Waals surface area contributed by atoms with Crippen LogP contribution in [0.4, 0.5) is 11.4 Å². The molecule has 0 bridgehead atoms. The number of aliphatic hydroxyl groups excluding tert-OH is 1. The van der Waals surface area contributed by atoms with Crippen molar-refractivity contribution in [2.24, 2.45) is 10.4 Å². The van der Waals surface area contributed by atoms with E-state index in [-0.39, 0.29) is 33.8 Å². The zero-order chi connectivity index (χ0) is 16.5. The molecule has 116 valence electrons. The van der Waals surface area contributed by atoms with Crippen molar-refractivity contribution in [1.82, 2.24) is 0 Å². The number of Topliss-reactive ketones (excluding diaryl/α,β-unsaturated/α-hetero) is 1. The van der Waals surface area contributed by atoms with Gasteiger partial charge in [-0.15, -0.1) is 0 Å². The van der Waals surface area contributed by atoms with Crippen molar-refractivity contribution >= 4 is 29.3 Å². The monoisotopic (exact) mass is 302 g/mol. The molecule has 0 saturated carbocycles. The van der Waals surface area contributed by atoms with Gasteiger partial charge in [-0.1, -0.05) is 13.8 Å². The molecule has 6 heteroatoms. The fraction of sp³-hybridized carbons (Fsp3) is 0.312. The van der Waals surface area contributed by atoms with Gasteiger partial charge in [-0.3, -0.25) is 9.79 Å². The highest BCUT2D eigenvalue weighted by Crippen LogP contribution is 2.35. The zero-order valence-electron chi connectivity index (χ0n) is 12.5. The minimum Gasteiger partial charge on any atom is -0.511 e. The molecule has 4 N–H and O–H groups in total. The number of carboxylic acid groups (broad SMARTS) is 1. The molecular formula is C16H18N2O4. The van der Waals surface area contributed by atoms with Gasteiger partial charge in [0.15, 0.2) is 5.78 Å². The Hall–Kier alpha value is -2.63. The van der Waals surface area contributed by atoms with Crippen LogP contribution in [0.1, 0.15) is 37.0 Å². The molecule has 0 atom stereocenters. The lowest BCUT2D eigenvalue weighted by Gasteiger charge is -2.28. The van der Waals surface area contributed by atoms with Crippen LogP contribution in [0.25, 0.3) is 0 Å². The van der Waals surface area contributed by atoms with Gasteiger partial charge in [0, 0.05) is 19.1 Å². The number of hydrogen-bond acceptors (Lipinski definition) is 5. The lowest BCUT2D eigenvalue weighted by atomic mass is 9.77. The molecule has 2 rings (SSSR count). The van der Waals surface area contributed by atoms with Crippen LogP contribution in [0.15, 0.2) is 34.5 Å². The highest BCUT2D eigenvalue weighted by atomic mass is 16.4. The second-order valence-electron chi connectivity index (χ2n) is 6.14. The lowest BCUT2D eigenvalue weighted by molar-refractivity contribution is -0.117. The fourth-order valence-electron chi connectivity index (χ4n) is 2.37. The van der Waals surface area contributed by atoms with E-state index >= 15 is 0 Å². The van der Waals surface area contributed by atoms with E-state index in [1.54, 1.807) is 0 Å². The number of aliphatic hydroxyl groups is 1. The van der Waals surface area contributed by atoms with E-state index in [4.69, 9.17) is 10.8 Å². The predicted molar refractivity (Wildman–Crippen MR) is 83.6 cm³/mol. The van der Waals surface area contributed by atoms with Crippen LogP contribution < -0.4 is 5.73 Å². The number of allylic oxidation sites excluding steroid dienone is 2. The van der Waals surface area contributed by atoms with Crippen molar-refractivity contribution in [3.05, 3.63) is 35.1 Å². The molecule has 1 aliphatic rings. The van der Waals surface area contributed by atoms with Crippen molar-refractivity contribution in [2.45, 2.75) is 26.7 Å². The molecule has 0 aromatic heterocycles. The van der Waals surface area contributed by atoms with Crippen LogP contribution in [-0.2, 0) is 4.79 Å². The number of hydrogen-bond donors (Lipinski definition) is 3. The maximum Gasteiger partial charge on any atom is 0.335 e. The largest absolute Gasteiger partial charge is 0.511 e. The highest BCUT2D eigenvalue weighted by molar-refractivity contribution is 6.15. The number of aliphatic imine (C=N–C) groups is 1. The van der Waals surface area contributed by atoms with Crippen LogP contribution in [0.2, 0.25) is 0 Å². The normalized spacial score (nSPS) is 18.0. The number of nitrogens with zero attached hydrogens (tertiary/aromatic N) is 1. The van der Waals surface area contributed by atoms with Crippen LogP contribution >= 0.6 is 0 Å². The van der Waals surface area contributed by atoms with Gasteiger partial charge in [-0.25, -0.2) is 4.79 Å². The Bertz CT molecular complexity index is 702. The molecule has 0 radical (unpaired) electrons. The number of ketones is 1. The van der Waals surface area contributed by atoms with E-state index in [2.05, 4.69) is 4.99 Å². The Labute approximate surface area is 128 Å². The summed E-state index contributed by atoms with van der Waals surface area (Å²) in [5.41, 5.74) is 6.22. The molecule has 0 heterocycles. The van der Waals surface area contributed by atoms with Crippen LogP contribution in [-0.4, -0.2) is 28.2 Å². The first-order valence-electron chi connectivity index (χ1n) is 6.82. The summed E-state index contributed by atoms with van der Waals surface area (Å²) in [7, 11) is 0. The first-order valence-corrected chi connectivity index (χ1v) is 6.82. The molecule has 1 aromatic carbocycles. The summed E-state index contributed by atoms with van der Waals surface area (Å²) in [5.74, 6) is -1.28. The molecule has 22 heavy (non-hydrogen) atoms. The summed E-state index contributed by atoms with van der Waals surface area (Å²) in [4.78, 5) is 27.1. The van der Waals surface area contributed by atoms with Gasteiger partial charge in [-0.2, -0.15) is 0 Å². The third-order valence-corrected chi connectivity index (χ3v) is 3.51. The Kier molecular flexibility index (Phi) is 4.03. The zero-order valence-corrected chi connectivity index (χ0v) is 12.5. The smallest absolute Gasteiger partial charge is 0.335 e. The first kappa shape index (κ1) is 15.8. The quantitative estimate of drug-likeness (QED) is 0.587. The van der Waals surface area contributed by atoms with Gasteiger partial charge in [0.25, 0.3) is 0 Å². The van der Waals surface area contributed by atoms with Crippen molar-refractivity contribution in [3.8, 4) is 0 Å². The molecule has 0 aliphatic heterocycles. The Morgan fingerprint density at radius 3 is 2.64 bits per heavy atom. The Balaban J connectivity index is 2.34. The lowest BCUT2D eigenvalue weighted by Crippen LogP contribution is -2.26. The average molecular weight is 302 g/mol. The molecule has 1 aliphatic carbocycles. The first-order chi connectivity index (χ1) is 10.2. The van der Waals surface area contributed by atoms with E-state index < -0.39 is 5.97 Å². The average Bonchev–Trinajstić information content (AvgIpc) is 2.38. The maximum absolute atomic E-state index is 12.1. The van der Waals surface area contributed by atoms with E-state index in [1.165, 1.54) is 24.4 Å². The minimum atomic E-state index is -1.09. The van der Waals surface area contributed by atoms with Crippen LogP contribution in [0, 0.1) is 5.41 Å². The summed E-state index contributed by atoms with van der Waals surface area (Å²) < 4.78 is 0. The van der Waals surface area contributed by atoms with Gasteiger partial charge in [0.2, 0.25) is 0 Å². The Morgan fingerprint density at radius 1 is 1.36 bits per heavy atom. The van der Waals surface area contributed by atoms with Crippen molar-refractivity contribution < 1.29 is 19.8 Å². The SMILES string of the molecule is CC1(C)CC(=O)C(C=Nc2cc(C(=O)O)ccc2N)=C(O)C1. The Morgan fingerprint density at radius 2 is 2.05 bits per heavy atom. The number of aromatic carboxylic acids is 1. The summed E-state index contributed by atoms with van der Waals surface area (Å²) in [5, 5.41) is 19.0. The molecule has 1 aromatic rings. The molecule has 0 saturated heterocycles. The second-order valence-corrected chi connectivity index (χ2v) is 6.14. The summed E-state index contributed by atoms with van der Waals surface area (Å²) >= 11 is 0. The summed E-state index contributed by atoms with van der Waals surface area (Å²) in [6.07, 6.45) is 1.97. The molecule has 0 amide bonds. The number of nitrogens with two attached hydrogens (primary N) is 1. The van der Waals surface area contributed by atoms with Gasteiger partial charge in [-0.05, 0) is 23.6 Å². The number of anilines is 1. The molecule has 6 nitrogen and oxygen atoms in total. The van der Waals surface area contributed by atoms with Crippen molar-refractivity contribution in [1.29, 1.82) is 0 Å². The fourth-order valence-corrected chi connectivity index (χ4v) is 2.37. The van der Waals surface area contributed by atoms with Gasteiger partial charge < -0.3 is 15.9 Å². The number of carbonyl (C=O) groups excluding carboxylic acids is 1. The number of rotatable bonds is 3. The van der Waals surface area contributed by atoms with Gasteiger partial charge >= 0.3 is 5.97 Å². The number of benzene rings is 1. The second kappa shape index (κ2) is 5.63. The number of carbonyl (C=O) groups is 2. The minimum absolute atomic E-state index is 0.00189. The number of nitrogen functional groups attached to an aromatic ring is 1. The molecular weight excluding hydrogens is 284 g/mol. The van der Waals surface area contributed by atoms with Crippen LogP contribution in [0.5, 0.6) is 0 Å². The molecule has 0 unspecified atom stereocenters. The van der Waals surface area contributed by atoms with E-state index in [0.29, 0.717) is 18.5 Å². The third-order valence-electron chi connectivity index (χ3n) is 3.51. The van der Waals surface area contributed by atoms with Crippen LogP contribution in [0.3, 0.4) is 0 Å². The molecule has 0 fully saturated rings. The standard InChI is InChI=1S/C16H18N2O4/c1-16(2)6-13(19)10(14(20)7-16)8-18-12-5-9(15(21)22)3-4-11(12)17/h3-5,8,19H,6-7,17H2,1-2H3,(H,21,22). The highest BCUT2D eigenvalue weighted by Gasteiger charge is 2.32. The summed E-state index contributed by atoms with van der Waals surface area (Å²) in [6, 6.07) is 4.14. The maximum atomic E-state index is 12.1. The molecule has 0 spiro atoms. The number of carboxylic acids is 1. The van der Waals surface area contributed by atoms with E-state index in [0.717, 1.165) is 0 Å².